The number of nitrogens with zero attached hydrogens (tertiary/aromatic N) is 2. The molecule has 148 valence electrons. The molecule has 1 heterocycles. The van der Waals surface area contributed by atoms with Gasteiger partial charge in [0.05, 0.1) is 23.7 Å². The zero-order chi connectivity index (χ0) is 18.9. The van der Waals surface area contributed by atoms with Gasteiger partial charge in [0, 0.05) is 25.0 Å². The van der Waals surface area contributed by atoms with E-state index < -0.39 is 0 Å². The molecule has 0 spiro atoms. The highest BCUT2D eigenvalue weighted by Crippen LogP contribution is 2.16. The summed E-state index contributed by atoms with van der Waals surface area (Å²) in [6.07, 6.45) is 0.233. The summed E-state index contributed by atoms with van der Waals surface area (Å²) >= 11 is 1.66. The summed E-state index contributed by atoms with van der Waals surface area (Å²) in [4.78, 5) is 21.6. The molecule has 0 bridgehead atoms. The van der Waals surface area contributed by atoms with E-state index in [4.69, 9.17) is 0 Å². The summed E-state index contributed by atoms with van der Waals surface area (Å²) in [5.41, 5.74) is 1.81. The van der Waals surface area contributed by atoms with Gasteiger partial charge in [-0.15, -0.1) is 35.3 Å². The van der Waals surface area contributed by atoms with Crippen LogP contribution in [0.15, 0.2) is 29.3 Å². The summed E-state index contributed by atoms with van der Waals surface area (Å²) in [6, 6.07) is 5.93. The third-order valence-corrected chi connectivity index (χ3v) is 4.73. The Morgan fingerprint density at radius 2 is 1.81 bits per heavy atom. The molecule has 0 aliphatic rings. The number of rotatable bonds is 7. The van der Waals surface area contributed by atoms with Gasteiger partial charge >= 0.3 is 0 Å². The molecular formula is C18H25FIN5OS. The van der Waals surface area contributed by atoms with Gasteiger partial charge in [0.2, 0.25) is 5.91 Å². The zero-order valence-corrected chi connectivity index (χ0v) is 18.8. The third-order valence-electron chi connectivity index (χ3n) is 3.66. The van der Waals surface area contributed by atoms with Gasteiger partial charge in [-0.3, -0.25) is 9.79 Å². The van der Waals surface area contributed by atoms with Crippen molar-refractivity contribution in [2.24, 2.45) is 4.99 Å². The van der Waals surface area contributed by atoms with Crippen molar-refractivity contribution in [1.29, 1.82) is 0 Å². The number of carbonyl (C=O) groups is 1. The standard InChI is InChI=1S/C18H24FN5OS.HI/c1-12-16(26-13(2)24-12)11-23-18(20-3)22-9-8-21-17(25)10-14-4-6-15(19)7-5-14;/h4-7H,8-11H2,1-3H3,(H,21,25)(H2,20,22,23);1H. The largest absolute Gasteiger partial charge is 0.355 e. The maximum atomic E-state index is 12.8. The molecule has 1 aromatic heterocycles. The molecule has 27 heavy (non-hydrogen) atoms. The third kappa shape index (κ3) is 8.21. The summed E-state index contributed by atoms with van der Waals surface area (Å²) in [5.74, 6) is 0.265. The molecule has 0 saturated carbocycles. The summed E-state index contributed by atoms with van der Waals surface area (Å²) < 4.78 is 12.8. The SMILES string of the molecule is CN=C(NCCNC(=O)Cc1ccc(F)cc1)NCc1sc(C)nc1C.I. The molecule has 0 aliphatic carbocycles. The van der Waals surface area contributed by atoms with Crippen LogP contribution in [0.5, 0.6) is 0 Å². The highest BCUT2D eigenvalue weighted by molar-refractivity contribution is 14.0. The second kappa shape index (κ2) is 11.9. The number of hydrogen-bond donors (Lipinski definition) is 3. The van der Waals surface area contributed by atoms with E-state index in [1.807, 2.05) is 13.8 Å². The molecule has 0 atom stereocenters. The Balaban J connectivity index is 0.00000364. The lowest BCUT2D eigenvalue weighted by Gasteiger charge is -2.12. The van der Waals surface area contributed by atoms with Crippen LogP contribution >= 0.6 is 35.3 Å². The normalized spacial score (nSPS) is 10.9. The van der Waals surface area contributed by atoms with Crippen molar-refractivity contribution in [1.82, 2.24) is 20.9 Å². The van der Waals surface area contributed by atoms with Crippen molar-refractivity contribution in [2.45, 2.75) is 26.8 Å². The second-order valence-corrected chi connectivity index (χ2v) is 7.03. The minimum atomic E-state index is -0.305. The molecule has 0 fully saturated rings. The number of nitrogens with one attached hydrogen (secondary N) is 3. The number of guanidine groups is 1. The Hall–Kier alpha value is -1.75. The molecule has 1 aromatic carbocycles. The van der Waals surface area contributed by atoms with E-state index in [1.54, 1.807) is 30.5 Å². The number of benzene rings is 1. The van der Waals surface area contributed by atoms with Crippen LogP contribution in [0.3, 0.4) is 0 Å². The van der Waals surface area contributed by atoms with Crippen molar-refractivity contribution in [3.05, 3.63) is 51.2 Å². The van der Waals surface area contributed by atoms with Gasteiger partial charge in [-0.1, -0.05) is 12.1 Å². The van der Waals surface area contributed by atoms with E-state index in [-0.39, 0.29) is 42.1 Å². The Labute approximate surface area is 180 Å². The van der Waals surface area contributed by atoms with Gasteiger partial charge in [0.15, 0.2) is 5.96 Å². The van der Waals surface area contributed by atoms with E-state index in [0.717, 1.165) is 16.3 Å². The fraction of sp³-hybridized carbons (Fsp3) is 0.389. The first-order valence-corrected chi connectivity index (χ1v) is 9.18. The average molecular weight is 505 g/mol. The highest BCUT2D eigenvalue weighted by atomic mass is 127. The van der Waals surface area contributed by atoms with Crippen LogP contribution in [0.1, 0.15) is 21.1 Å². The molecule has 2 rings (SSSR count). The Morgan fingerprint density at radius 3 is 2.41 bits per heavy atom. The van der Waals surface area contributed by atoms with Crippen LogP contribution in [0.25, 0.3) is 0 Å². The van der Waals surface area contributed by atoms with Crippen molar-refractivity contribution < 1.29 is 9.18 Å². The van der Waals surface area contributed by atoms with Gasteiger partial charge in [0.1, 0.15) is 5.82 Å². The average Bonchev–Trinajstić information content (AvgIpc) is 2.93. The predicted molar refractivity (Wildman–Crippen MR) is 118 cm³/mol. The molecule has 6 nitrogen and oxygen atoms in total. The molecular weight excluding hydrogens is 480 g/mol. The summed E-state index contributed by atoms with van der Waals surface area (Å²) in [6.45, 7) is 5.67. The quantitative estimate of drug-likeness (QED) is 0.234. The minimum Gasteiger partial charge on any atom is -0.355 e. The Morgan fingerprint density at radius 1 is 1.15 bits per heavy atom. The highest BCUT2D eigenvalue weighted by Gasteiger charge is 2.06. The lowest BCUT2D eigenvalue weighted by atomic mass is 10.1. The van der Waals surface area contributed by atoms with Crippen LogP contribution in [0.4, 0.5) is 4.39 Å². The van der Waals surface area contributed by atoms with Crippen LogP contribution < -0.4 is 16.0 Å². The number of aromatic nitrogens is 1. The lowest BCUT2D eigenvalue weighted by Crippen LogP contribution is -2.41. The van der Waals surface area contributed by atoms with Gasteiger partial charge in [-0.2, -0.15) is 0 Å². The fourth-order valence-electron chi connectivity index (χ4n) is 2.36. The molecule has 0 aliphatic heterocycles. The second-order valence-electron chi connectivity index (χ2n) is 5.75. The van der Waals surface area contributed by atoms with E-state index >= 15 is 0 Å². The number of thiazole rings is 1. The Kier molecular flexibility index (Phi) is 10.2. The maximum Gasteiger partial charge on any atom is 0.224 e. The van der Waals surface area contributed by atoms with E-state index in [1.165, 1.54) is 17.0 Å². The number of aliphatic imine (C=N–C) groups is 1. The smallest absolute Gasteiger partial charge is 0.224 e. The summed E-state index contributed by atoms with van der Waals surface area (Å²) in [7, 11) is 1.70. The number of carbonyl (C=O) groups excluding carboxylic acids is 1. The number of halogens is 2. The number of hydrogen-bond acceptors (Lipinski definition) is 4. The minimum absolute atomic E-state index is 0. The molecule has 2 aromatic rings. The van der Waals surface area contributed by atoms with E-state index in [9.17, 15) is 9.18 Å². The van der Waals surface area contributed by atoms with Crippen LogP contribution in [-0.4, -0.2) is 37.0 Å². The lowest BCUT2D eigenvalue weighted by molar-refractivity contribution is -0.120. The number of amides is 1. The molecule has 0 unspecified atom stereocenters. The van der Waals surface area contributed by atoms with Crippen molar-refractivity contribution in [3.8, 4) is 0 Å². The molecule has 0 saturated heterocycles. The molecule has 3 N–H and O–H groups in total. The van der Waals surface area contributed by atoms with Crippen LogP contribution in [0, 0.1) is 19.7 Å². The maximum absolute atomic E-state index is 12.8. The molecule has 0 radical (unpaired) electrons. The van der Waals surface area contributed by atoms with E-state index in [2.05, 4.69) is 25.9 Å². The zero-order valence-electron chi connectivity index (χ0n) is 15.6. The van der Waals surface area contributed by atoms with Crippen molar-refractivity contribution in [2.75, 3.05) is 20.1 Å². The van der Waals surface area contributed by atoms with Gasteiger partial charge < -0.3 is 16.0 Å². The number of aryl methyl sites for hydroxylation is 2. The van der Waals surface area contributed by atoms with Gasteiger partial charge in [-0.05, 0) is 31.5 Å². The molecule has 1 amide bonds. The van der Waals surface area contributed by atoms with Gasteiger partial charge in [0.25, 0.3) is 0 Å². The van der Waals surface area contributed by atoms with Crippen molar-refractivity contribution >= 4 is 47.2 Å². The fourth-order valence-corrected chi connectivity index (χ4v) is 3.23. The van der Waals surface area contributed by atoms with Gasteiger partial charge in [-0.25, -0.2) is 9.37 Å². The van der Waals surface area contributed by atoms with E-state index in [0.29, 0.717) is 25.6 Å². The van der Waals surface area contributed by atoms with Crippen molar-refractivity contribution in [3.63, 3.8) is 0 Å². The van der Waals surface area contributed by atoms with Crippen LogP contribution in [0.2, 0.25) is 0 Å². The molecule has 9 heteroatoms. The first-order chi connectivity index (χ1) is 12.5. The van der Waals surface area contributed by atoms with Crippen LogP contribution in [-0.2, 0) is 17.8 Å². The Bertz CT molecular complexity index is 764. The first kappa shape index (κ1) is 23.3. The summed E-state index contributed by atoms with van der Waals surface area (Å²) in [5, 5.41) is 10.3. The monoisotopic (exact) mass is 505 g/mol. The predicted octanol–water partition coefficient (Wildman–Crippen LogP) is 2.54. The first-order valence-electron chi connectivity index (χ1n) is 8.36. The topological polar surface area (TPSA) is 78.4 Å².